The van der Waals surface area contributed by atoms with Crippen molar-refractivity contribution < 1.29 is 4.42 Å². The Morgan fingerprint density at radius 1 is 0.506 bits per heavy atom. The van der Waals surface area contributed by atoms with Gasteiger partial charge >= 0.3 is 0 Å². The molecule has 0 radical (unpaired) electrons. The number of aromatic nitrogens is 7. The molecule has 3 aromatic heterocycles. The third-order valence-electron chi connectivity index (χ3n) is 15.9. The van der Waals surface area contributed by atoms with Crippen molar-refractivity contribution in [2.75, 3.05) is 0 Å². The summed E-state index contributed by atoms with van der Waals surface area (Å²) >= 11 is 0. The van der Waals surface area contributed by atoms with Crippen LogP contribution in [0.1, 0.15) is 49.7 Å². The Morgan fingerprint density at radius 2 is 1.10 bits per heavy atom. The van der Waals surface area contributed by atoms with Gasteiger partial charge in [-0.1, -0.05) is 260 Å². The number of rotatable bonds is 10. The topological polar surface area (TPSA) is 87.4 Å². The molecule has 87 heavy (non-hydrogen) atoms. The Hall–Kier alpha value is -11.1. The van der Waals surface area contributed by atoms with Gasteiger partial charge in [0.05, 0.1) is 11.0 Å². The van der Waals surface area contributed by atoms with E-state index in [0.717, 1.165) is 90.5 Å². The number of nitrogens with zero attached hydrogens (tertiary/aromatic N) is 7. The van der Waals surface area contributed by atoms with Crippen molar-refractivity contribution in [2.24, 2.45) is 5.92 Å². The molecule has 0 spiro atoms. The summed E-state index contributed by atoms with van der Waals surface area (Å²) in [6.07, 6.45) is 26.5. The molecular weight excluding hydrogens is 1060 g/mol. The van der Waals surface area contributed by atoms with Crippen molar-refractivity contribution in [1.29, 1.82) is 0 Å². The Morgan fingerprint density at radius 3 is 1.76 bits per heavy atom. The fourth-order valence-corrected chi connectivity index (χ4v) is 11.3. The maximum absolute atomic E-state index is 5.89. The maximum Gasteiger partial charge on any atom is 0.248 e. The van der Waals surface area contributed by atoms with Gasteiger partial charge in [-0.25, -0.2) is 4.98 Å². The lowest BCUT2D eigenvalue weighted by Gasteiger charge is -2.36. The van der Waals surface area contributed by atoms with Gasteiger partial charge in [0.15, 0.2) is 11.6 Å². The molecule has 4 aliphatic carbocycles. The quantitative estimate of drug-likeness (QED) is 0.136. The van der Waals surface area contributed by atoms with Crippen LogP contribution in [0.25, 0.3) is 97.1 Å². The van der Waals surface area contributed by atoms with Gasteiger partial charge < -0.3 is 4.42 Å². The van der Waals surface area contributed by atoms with Crippen LogP contribution in [0.3, 0.4) is 0 Å². The van der Waals surface area contributed by atoms with E-state index in [0.29, 0.717) is 17.7 Å². The summed E-state index contributed by atoms with van der Waals surface area (Å²) in [5.41, 5.74) is 20.1. The molecule has 0 saturated heterocycles. The minimum atomic E-state index is 0.115. The molecule has 8 nitrogen and oxygen atoms in total. The van der Waals surface area contributed by atoms with Crippen LogP contribution in [0.2, 0.25) is 0 Å². The van der Waals surface area contributed by atoms with Crippen LogP contribution in [0.4, 0.5) is 0 Å². The normalized spacial score (nSPS) is 14.3. The Kier molecular flexibility index (Phi) is 16.2. The summed E-state index contributed by atoms with van der Waals surface area (Å²) in [4.78, 5) is 4.55. The van der Waals surface area contributed by atoms with Crippen LogP contribution < -0.4 is 0 Å². The van der Waals surface area contributed by atoms with E-state index in [9.17, 15) is 0 Å². The van der Waals surface area contributed by atoms with Crippen LogP contribution in [0, 0.1) is 5.92 Å². The van der Waals surface area contributed by atoms with Gasteiger partial charge in [-0.15, -0.1) is 20.4 Å². The highest BCUT2D eigenvalue weighted by Crippen LogP contribution is 2.48. The molecule has 8 heteroatoms. The lowest BCUT2D eigenvalue weighted by molar-refractivity contribution is 0.585. The van der Waals surface area contributed by atoms with E-state index < -0.39 is 0 Å². The highest BCUT2D eigenvalue weighted by atomic mass is 16.4. The third kappa shape index (κ3) is 11.8. The van der Waals surface area contributed by atoms with Gasteiger partial charge in [0, 0.05) is 39.5 Å². The smallest absolute Gasteiger partial charge is 0.248 e. The second-order valence-corrected chi connectivity index (χ2v) is 22.3. The number of imidazole rings is 1. The van der Waals surface area contributed by atoms with Crippen molar-refractivity contribution >= 4 is 40.0 Å². The zero-order valence-electron chi connectivity index (χ0n) is 49.1. The van der Waals surface area contributed by atoms with E-state index >= 15 is 0 Å². The van der Waals surface area contributed by atoms with Gasteiger partial charge in [-0.3, -0.25) is 9.13 Å². The molecule has 0 bridgehead atoms. The summed E-state index contributed by atoms with van der Waals surface area (Å²) < 4.78 is 10.1. The first-order valence-corrected chi connectivity index (χ1v) is 29.2. The molecule has 1 unspecified atom stereocenters. The summed E-state index contributed by atoms with van der Waals surface area (Å²) in [6.45, 7) is 22.0. The number of hydrogen-bond acceptors (Lipinski definition) is 6. The molecule has 0 N–H and O–H groups in total. The molecule has 0 amide bonds. The van der Waals surface area contributed by atoms with E-state index in [1.165, 1.54) is 39.0 Å². The van der Waals surface area contributed by atoms with E-state index in [4.69, 9.17) is 4.42 Å². The average Bonchev–Trinajstić information content (AvgIpc) is 1.95. The zero-order chi connectivity index (χ0) is 59.9. The minimum absolute atomic E-state index is 0.115. The second-order valence-electron chi connectivity index (χ2n) is 22.3. The van der Waals surface area contributed by atoms with Crippen molar-refractivity contribution in [1.82, 2.24) is 34.5 Å². The van der Waals surface area contributed by atoms with Crippen molar-refractivity contribution in [3.05, 3.63) is 337 Å². The SMILES string of the molecule is C=CC1=CC=C2C=CC3=C4C(=CC=C1C24)CC=C3.C=Cc1ccc(-c2nnc(-c3ccc(C(C)(C)C)cc3)n2-c2ccccc2)cc1.C=Cc1ccc(-c2nnc(-c3cccc4ccccc34)o2)cc1.C=Cc1nc2ccccc2n1-c1ccccc1. The Balaban J connectivity index is 0.000000116. The highest BCUT2D eigenvalue weighted by Gasteiger charge is 2.34. The van der Waals surface area contributed by atoms with E-state index in [2.05, 4.69) is 215 Å². The first-order chi connectivity index (χ1) is 42.6. The van der Waals surface area contributed by atoms with Crippen LogP contribution in [0.5, 0.6) is 0 Å². The van der Waals surface area contributed by atoms with E-state index in [1.54, 1.807) is 12.2 Å². The number of para-hydroxylation sites is 4. The molecule has 4 aliphatic rings. The first kappa shape index (κ1) is 56.4. The zero-order valence-corrected chi connectivity index (χ0v) is 49.1. The van der Waals surface area contributed by atoms with Crippen molar-refractivity contribution in [3.63, 3.8) is 0 Å². The van der Waals surface area contributed by atoms with Crippen LogP contribution >= 0.6 is 0 Å². The summed E-state index contributed by atoms with van der Waals surface area (Å²) in [5, 5.41) is 19.8. The highest BCUT2D eigenvalue weighted by molar-refractivity contribution is 5.94. The Bertz CT molecular complexity index is 4600. The third-order valence-corrected chi connectivity index (χ3v) is 15.9. The molecule has 15 rings (SSSR count). The van der Waals surface area contributed by atoms with Crippen molar-refractivity contribution in [2.45, 2.75) is 32.6 Å². The fraction of sp³-hybridized carbons (Fsp3) is 0.0759. The number of hydrogen-bond donors (Lipinski definition) is 0. The number of benzene rings is 8. The molecule has 3 heterocycles. The lowest BCUT2D eigenvalue weighted by atomic mass is 9.67. The molecule has 422 valence electrons. The predicted octanol–water partition coefficient (Wildman–Crippen LogP) is 19.8. The van der Waals surface area contributed by atoms with Gasteiger partial charge in [0.1, 0.15) is 5.82 Å². The van der Waals surface area contributed by atoms with Gasteiger partial charge in [-0.2, -0.15) is 0 Å². The average molecular weight is 1130 g/mol. The largest absolute Gasteiger partial charge is 0.416 e. The molecule has 0 saturated carbocycles. The molecule has 1 atom stereocenters. The van der Waals surface area contributed by atoms with Crippen molar-refractivity contribution in [3.8, 4) is 57.1 Å². The molecular formula is C79H65N7O. The fourth-order valence-electron chi connectivity index (χ4n) is 11.3. The van der Waals surface area contributed by atoms with Crippen LogP contribution in [0.15, 0.2) is 319 Å². The minimum Gasteiger partial charge on any atom is -0.416 e. The van der Waals surface area contributed by atoms with Crippen LogP contribution in [-0.2, 0) is 5.41 Å². The second kappa shape index (κ2) is 25.0. The number of fused-ring (bicyclic) bond motifs is 2. The van der Waals surface area contributed by atoms with Gasteiger partial charge in [-0.05, 0) is 133 Å². The first-order valence-electron chi connectivity index (χ1n) is 29.2. The van der Waals surface area contributed by atoms with Gasteiger partial charge in [0.2, 0.25) is 11.8 Å². The van der Waals surface area contributed by atoms with E-state index in [-0.39, 0.29) is 5.41 Å². The summed E-state index contributed by atoms with van der Waals surface area (Å²) in [6, 6.07) is 67.5. The Labute approximate surface area is 509 Å². The van der Waals surface area contributed by atoms with E-state index in [1.807, 2.05) is 127 Å². The lowest BCUT2D eigenvalue weighted by Crippen LogP contribution is -2.22. The molecule has 8 aromatic carbocycles. The molecule has 0 fully saturated rings. The predicted molar refractivity (Wildman–Crippen MR) is 361 cm³/mol. The standard InChI is InChI=1S/C26H25N3.C20H14N2O.C18H14.C15H12N2/c1-5-19-11-13-20(14-12-19)24-27-28-25(29(24)23-9-7-6-8-10-23)21-15-17-22(18-16-21)26(2,3)4;1-2-14-10-12-16(13-11-14)19-21-22-20(23-19)18-9-5-7-15-6-3-4-8-17(15)18;1-2-12-6-7-15-9-8-13-4-3-5-14-10-11-16(12)18(15)17(13)14;1-2-15-16-13-10-6-7-11-14(13)17(15)12-8-4-3-5-9-12/h5-18H,1H2,2-4H3;2-13H,1H2;2-4,6-11,18H,1,5H2;2-11H,1H2. The summed E-state index contributed by atoms with van der Waals surface area (Å²) in [7, 11) is 0. The molecule has 11 aromatic rings. The monoisotopic (exact) mass is 1130 g/mol. The number of allylic oxidation sites excluding steroid dienone is 15. The van der Waals surface area contributed by atoms with Crippen LogP contribution in [-0.4, -0.2) is 34.5 Å². The van der Waals surface area contributed by atoms with Gasteiger partial charge in [0.25, 0.3) is 0 Å². The summed E-state index contributed by atoms with van der Waals surface area (Å²) in [5.74, 6) is 4.01. The molecule has 0 aliphatic heterocycles. The maximum atomic E-state index is 5.89.